The van der Waals surface area contributed by atoms with Crippen LogP contribution in [0.15, 0.2) is 108 Å². The van der Waals surface area contributed by atoms with Crippen molar-refractivity contribution >= 4 is 60.2 Å². The van der Waals surface area contributed by atoms with E-state index in [2.05, 4.69) is 78.6 Å². The SMILES string of the molecule is CC(C)(C)c1cccc2c1op(N1CCCN(p3oc4ccccc4c4ccccc4o3)CC1)oc1ccccc12. The Morgan fingerprint density at radius 2 is 0.951 bits per heavy atom. The van der Waals surface area contributed by atoms with E-state index in [-0.39, 0.29) is 5.41 Å². The van der Waals surface area contributed by atoms with E-state index in [9.17, 15) is 0 Å². The summed E-state index contributed by atoms with van der Waals surface area (Å²) >= 11 is 0. The molecule has 210 valence electrons. The van der Waals surface area contributed by atoms with Crippen LogP contribution in [0.25, 0.3) is 43.9 Å². The number of hydrogen-bond donors (Lipinski definition) is 0. The maximum Gasteiger partial charge on any atom is 0.309 e. The van der Waals surface area contributed by atoms with Crippen LogP contribution in [-0.2, 0) is 5.41 Å². The van der Waals surface area contributed by atoms with Crippen molar-refractivity contribution in [2.45, 2.75) is 32.6 Å². The average Bonchev–Trinajstić information content (AvgIpc) is 3.39. The highest BCUT2D eigenvalue weighted by atomic mass is 31.1. The second-order valence-corrected chi connectivity index (χ2v) is 14.3. The number of benzene rings is 4. The zero-order valence-electron chi connectivity index (χ0n) is 23.6. The number of nitrogens with zero attached hydrogens (tertiary/aromatic N) is 2. The third-order valence-corrected chi connectivity index (χ3v) is 10.8. The molecule has 7 rings (SSSR count). The molecular weight excluding hydrogens is 550 g/mol. The van der Waals surface area contributed by atoms with E-state index >= 15 is 0 Å². The normalized spacial score (nSPS) is 15.9. The van der Waals surface area contributed by atoms with Gasteiger partial charge in [0.1, 0.15) is 22.3 Å². The fourth-order valence-corrected chi connectivity index (χ4v) is 8.55. The van der Waals surface area contributed by atoms with Gasteiger partial charge in [-0.05, 0) is 30.0 Å². The number of para-hydroxylation sites is 4. The molecule has 0 saturated carbocycles. The Morgan fingerprint density at radius 3 is 1.46 bits per heavy atom. The third-order valence-electron chi connectivity index (χ3n) is 7.67. The van der Waals surface area contributed by atoms with Crippen molar-refractivity contribution in [3.05, 3.63) is 96.6 Å². The molecule has 0 radical (unpaired) electrons. The fourth-order valence-electron chi connectivity index (χ4n) is 5.56. The van der Waals surface area contributed by atoms with Crippen LogP contribution in [0.5, 0.6) is 0 Å². The van der Waals surface area contributed by atoms with Crippen molar-refractivity contribution in [1.29, 1.82) is 0 Å². The summed E-state index contributed by atoms with van der Waals surface area (Å²) in [6.45, 7) is 10.0. The molecule has 0 N–H and O–H groups in total. The molecular formula is C33H34N2O4P2. The Kier molecular flexibility index (Phi) is 6.97. The lowest BCUT2D eigenvalue weighted by molar-refractivity contribution is 0.571. The van der Waals surface area contributed by atoms with Gasteiger partial charge in [-0.15, -0.1) is 0 Å². The molecule has 1 unspecified atom stereocenters. The molecule has 8 heteroatoms. The molecule has 1 aliphatic heterocycles. The van der Waals surface area contributed by atoms with Gasteiger partial charge in [0.2, 0.25) is 0 Å². The number of rotatable bonds is 2. The smallest absolute Gasteiger partial charge is 0.309 e. The van der Waals surface area contributed by atoms with Crippen molar-refractivity contribution in [3.8, 4) is 0 Å². The molecule has 1 atom stereocenters. The maximum absolute atomic E-state index is 6.88. The lowest BCUT2D eigenvalue weighted by Crippen LogP contribution is -2.27. The van der Waals surface area contributed by atoms with Gasteiger partial charge >= 0.3 is 16.3 Å². The summed E-state index contributed by atoms with van der Waals surface area (Å²) in [7, 11) is -2.69. The van der Waals surface area contributed by atoms with Gasteiger partial charge in [-0.2, -0.15) is 0 Å². The average molecular weight is 585 g/mol. The first-order valence-corrected chi connectivity index (χ1v) is 16.4. The predicted molar refractivity (Wildman–Crippen MR) is 172 cm³/mol. The molecule has 41 heavy (non-hydrogen) atoms. The molecule has 3 heterocycles. The lowest BCUT2D eigenvalue weighted by atomic mass is 9.86. The highest BCUT2D eigenvalue weighted by Gasteiger charge is 2.25. The van der Waals surface area contributed by atoms with E-state index in [0.29, 0.717) is 0 Å². The van der Waals surface area contributed by atoms with Gasteiger partial charge in [-0.3, -0.25) is 0 Å². The molecule has 0 spiro atoms. The minimum Gasteiger partial charge on any atom is -0.408 e. The highest BCUT2D eigenvalue weighted by molar-refractivity contribution is 7.39. The Hall–Kier alpha value is -3.40. The van der Waals surface area contributed by atoms with Crippen molar-refractivity contribution < 1.29 is 16.8 Å². The van der Waals surface area contributed by atoms with Gasteiger partial charge < -0.3 is 16.8 Å². The van der Waals surface area contributed by atoms with Crippen molar-refractivity contribution in [3.63, 3.8) is 0 Å². The Morgan fingerprint density at radius 1 is 0.512 bits per heavy atom. The van der Waals surface area contributed by atoms with Crippen molar-refractivity contribution in [2.24, 2.45) is 0 Å². The van der Waals surface area contributed by atoms with E-state index in [1.54, 1.807) is 0 Å². The molecule has 0 aliphatic carbocycles. The second-order valence-electron chi connectivity index (χ2n) is 11.5. The first-order chi connectivity index (χ1) is 20.0. The van der Waals surface area contributed by atoms with Crippen LogP contribution >= 0.6 is 16.3 Å². The van der Waals surface area contributed by atoms with Crippen LogP contribution < -0.4 is 9.34 Å². The number of fused-ring (bicyclic) bond motifs is 6. The first kappa shape index (κ1) is 26.5. The Labute approximate surface area is 241 Å². The van der Waals surface area contributed by atoms with Gasteiger partial charge in [0.25, 0.3) is 0 Å². The lowest BCUT2D eigenvalue weighted by Gasteiger charge is -2.20. The standard InChI is InChI=1S/C33H34N2O4P2/c1-33(2,3)28-16-10-15-27-26-14-6-9-19-31(26)38-41(39-32(27)28)35-21-11-20-34(22-23-35)40-36-29-17-7-4-12-24(29)25-13-5-8-18-30(25)37-40/h4-10,12-19H,11,20-23H2,1-3H3. The molecule has 1 saturated heterocycles. The topological polar surface area (TPSA) is 59.0 Å². The Balaban J connectivity index is 1.31. The minimum atomic E-state index is -1.36. The van der Waals surface area contributed by atoms with E-state index in [1.807, 2.05) is 42.5 Å². The van der Waals surface area contributed by atoms with Crippen LogP contribution in [-0.4, -0.2) is 26.2 Å². The zero-order chi connectivity index (χ0) is 28.0. The van der Waals surface area contributed by atoms with Crippen LogP contribution in [0.1, 0.15) is 32.8 Å². The van der Waals surface area contributed by atoms with Gasteiger partial charge in [-0.1, -0.05) is 93.6 Å². The van der Waals surface area contributed by atoms with Crippen LogP contribution in [0, 0.1) is 0 Å². The minimum absolute atomic E-state index is 0.0649. The van der Waals surface area contributed by atoms with Crippen LogP contribution in [0.4, 0.5) is 0 Å². The van der Waals surface area contributed by atoms with E-state index in [1.165, 1.54) is 5.56 Å². The molecule has 0 amide bonds. The fraction of sp³-hybridized carbons (Fsp3) is 0.273. The molecule has 1 fully saturated rings. The molecule has 0 bridgehead atoms. The predicted octanol–water partition coefficient (Wildman–Crippen LogP) is 10.2. The monoisotopic (exact) mass is 584 g/mol. The summed E-state index contributed by atoms with van der Waals surface area (Å²) in [5, 5.41) is 4.31. The van der Waals surface area contributed by atoms with E-state index in [0.717, 1.165) is 76.5 Å². The maximum atomic E-state index is 6.88. The van der Waals surface area contributed by atoms with Gasteiger partial charge in [0.15, 0.2) is 0 Å². The molecule has 1 aliphatic rings. The van der Waals surface area contributed by atoms with Crippen LogP contribution in [0.3, 0.4) is 0 Å². The Bertz CT molecular complexity index is 1900. The molecule has 2 aromatic heterocycles. The van der Waals surface area contributed by atoms with Gasteiger partial charge in [0.05, 0.1) is 0 Å². The largest absolute Gasteiger partial charge is 0.408 e. The summed E-state index contributed by atoms with van der Waals surface area (Å²) in [5.41, 5.74) is 4.67. The second kappa shape index (κ2) is 10.8. The van der Waals surface area contributed by atoms with Gasteiger partial charge in [0, 0.05) is 53.3 Å². The summed E-state index contributed by atoms with van der Waals surface area (Å²) < 4.78 is 31.4. The van der Waals surface area contributed by atoms with Crippen molar-refractivity contribution in [2.75, 3.05) is 35.5 Å². The molecule has 6 aromatic rings. The summed E-state index contributed by atoms with van der Waals surface area (Å²) in [6.07, 6.45) is 0.954. The summed E-state index contributed by atoms with van der Waals surface area (Å²) in [6, 6.07) is 31.2. The molecule has 4 aromatic carbocycles. The first-order valence-electron chi connectivity index (χ1n) is 14.2. The summed E-state index contributed by atoms with van der Waals surface area (Å²) in [5.74, 6) is 0. The number of hydrogen-bond acceptors (Lipinski definition) is 6. The van der Waals surface area contributed by atoms with E-state index in [4.69, 9.17) is 16.8 Å². The highest BCUT2D eigenvalue weighted by Crippen LogP contribution is 2.42. The third kappa shape index (κ3) is 5.11. The zero-order valence-corrected chi connectivity index (χ0v) is 25.4. The van der Waals surface area contributed by atoms with E-state index < -0.39 is 16.3 Å². The summed E-state index contributed by atoms with van der Waals surface area (Å²) in [4.78, 5) is 0. The molecule has 6 nitrogen and oxygen atoms in total. The van der Waals surface area contributed by atoms with Crippen LogP contribution in [0.2, 0.25) is 0 Å². The van der Waals surface area contributed by atoms with Gasteiger partial charge in [-0.25, -0.2) is 9.34 Å². The quantitative estimate of drug-likeness (QED) is 0.202. The van der Waals surface area contributed by atoms with Crippen molar-refractivity contribution in [1.82, 2.24) is 0 Å².